The smallest absolute Gasteiger partial charge is 0.273 e. The summed E-state index contributed by atoms with van der Waals surface area (Å²) in [5.74, 6) is -3.04. The van der Waals surface area contributed by atoms with Crippen LogP contribution in [0.25, 0.3) is 5.70 Å². The molecule has 0 saturated heterocycles. The maximum Gasteiger partial charge on any atom is 0.273 e. The summed E-state index contributed by atoms with van der Waals surface area (Å²) < 4.78 is 30.0. The molecule has 5 heteroatoms. The number of nitrogens with zero attached hydrogens (tertiary/aromatic N) is 1. The molecular formula is C28H33F2N3. The van der Waals surface area contributed by atoms with Gasteiger partial charge in [0, 0.05) is 54.9 Å². The van der Waals surface area contributed by atoms with Crippen molar-refractivity contribution < 1.29 is 8.78 Å². The van der Waals surface area contributed by atoms with E-state index in [4.69, 9.17) is 0 Å². The summed E-state index contributed by atoms with van der Waals surface area (Å²) in [4.78, 5) is 1.98. The monoisotopic (exact) mass is 449 g/mol. The Morgan fingerprint density at radius 2 is 1.79 bits per heavy atom. The van der Waals surface area contributed by atoms with Crippen LogP contribution in [0.4, 0.5) is 14.5 Å². The predicted octanol–water partition coefficient (Wildman–Crippen LogP) is 6.72. The van der Waals surface area contributed by atoms with E-state index in [-0.39, 0.29) is 5.56 Å². The van der Waals surface area contributed by atoms with Gasteiger partial charge in [0.15, 0.2) is 0 Å². The molecule has 0 amide bonds. The topological polar surface area (TPSA) is 27.3 Å². The molecule has 2 aromatic carbocycles. The second kappa shape index (κ2) is 10.1. The van der Waals surface area contributed by atoms with Gasteiger partial charge in [-0.1, -0.05) is 55.6 Å². The number of hydrogen-bond acceptors (Lipinski definition) is 3. The van der Waals surface area contributed by atoms with Crippen LogP contribution in [0.3, 0.4) is 0 Å². The zero-order chi connectivity index (χ0) is 24.2. The summed E-state index contributed by atoms with van der Waals surface area (Å²) >= 11 is 0. The van der Waals surface area contributed by atoms with E-state index in [1.807, 2.05) is 68.1 Å². The molecule has 0 aromatic heterocycles. The standard InChI is InChI=1S/C28H33F2N3/c1-7-33(18-23-12-9-8-10-13-23)26-15-11-14-24(27(26)28(6,29)30)21(4)31-17-25-19(2)16-20(3)32-22(25)5/h8-16,31-32H,4-5,7,17-18H2,1-3,6H3. The number of allylic oxidation sites excluding steroid dienone is 3. The van der Waals surface area contributed by atoms with Crippen molar-refractivity contribution >= 4 is 11.4 Å². The fourth-order valence-electron chi connectivity index (χ4n) is 4.22. The third-order valence-electron chi connectivity index (χ3n) is 5.85. The first kappa shape index (κ1) is 24.3. The molecule has 0 spiro atoms. The number of halogens is 2. The zero-order valence-electron chi connectivity index (χ0n) is 19.9. The summed E-state index contributed by atoms with van der Waals surface area (Å²) in [5, 5.41) is 6.48. The number of dihydropyridines is 1. The molecule has 0 bridgehead atoms. The summed E-state index contributed by atoms with van der Waals surface area (Å²) in [5.41, 5.74) is 6.39. The number of benzene rings is 2. The van der Waals surface area contributed by atoms with Crippen LogP contribution in [0, 0.1) is 0 Å². The fraction of sp³-hybridized carbons (Fsp3) is 0.286. The van der Waals surface area contributed by atoms with Crippen LogP contribution in [-0.4, -0.2) is 13.1 Å². The van der Waals surface area contributed by atoms with Crippen molar-refractivity contribution in [2.24, 2.45) is 0 Å². The lowest BCUT2D eigenvalue weighted by atomic mass is 9.96. The minimum atomic E-state index is -3.04. The van der Waals surface area contributed by atoms with Crippen LogP contribution in [0.1, 0.15) is 44.4 Å². The van der Waals surface area contributed by atoms with E-state index in [0.29, 0.717) is 36.6 Å². The van der Waals surface area contributed by atoms with Crippen molar-refractivity contribution in [1.29, 1.82) is 0 Å². The number of alkyl halides is 2. The Bertz CT molecular complexity index is 1090. The third kappa shape index (κ3) is 5.72. The molecule has 33 heavy (non-hydrogen) atoms. The number of nitrogens with one attached hydrogen (secondary N) is 2. The average Bonchev–Trinajstić information content (AvgIpc) is 2.76. The van der Waals surface area contributed by atoms with Crippen LogP contribution in [-0.2, 0) is 12.5 Å². The number of rotatable bonds is 9. The number of anilines is 1. The molecule has 3 nitrogen and oxygen atoms in total. The second-order valence-electron chi connectivity index (χ2n) is 8.51. The normalized spacial score (nSPS) is 14.0. The first-order valence-corrected chi connectivity index (χ1v) is 11.2. The van der Waals surface area contributed by atoms with Gasteiger partial charge in [-0.15, -0.1) is 0 Å². The van der Waals surface area contributed by atoms with Gasteiger partial charge in [0.2, 0.25) is 0 Å². The predicted molar refractivity (Wildman–Crippen MR) is 135 cm³/mol. The van der Waals surface area contributed by atoms with Gasteiger partial charge in [-0.05, 0) is 49.6 Å². The third-order valence-corrected chi connectivity index (χ3v) is 5.85. The number of hydrogen-bond donors (Lipinski definition) is 2. The molecule has 1 aliphatic heterocycles. The molecule has 0 atom stereocenters. The van der Waals surface area contributed by atoms with E-state index in [2.05, 4.69) is 23.8 Å². The highest BCUT2D eigenvalue weighted by atomic mass is 19.3. The van der Waals surface area contributed by atoms with Crippen LogP contribution in [0.2, 0.25) is 0 Å². The Morgan fingerprint density at radius 1 is 1.09 bits per heavy atom. The van der Waals surface area contributed by atoms with Gasteiger partial charge in [-0.25, -0.2) is 8.78 Å². The average molecular weight is 450 g/mol. The Labute approximate surface area is 196 Å². The van der Waals surface area contributed by atoms with Gasteiger partial charge in [0.1, 0.15) is 0 Å². The summed E-state index contributed by atoms with van der Waals surface area (Å²) in [6.07, 6.45) is 2.05. The molecule has 0 saturated carbocycles. The summed E-state index contributed by atoms with van der Waals surface area (Å²) in [6, 6.07) is 15.2. The van der Waals surface area contributed by atoms with E-state index in [9.17, 15) is 8.78 Å². The summed E-state index contributed by atoms with van der Waals surface area (Å²) in [6.45, 7) is 16.7. The van der Waals surface area contributed by atoms with Crippen molar-refractivity contribution in [3.63, 3.8) is 0 Å². The molecule has 3 rings (SSSR count). The molecule has 0 radical (unpaired) electrons. The second-order valence-corrected chi connectivity index (χ2v) is 8.51. The van der Waals surface area contributed by atoms with Crippen LogP contribution >= 0.6 is 0 Å². The van der Waals surface area contributed by atoms with Crippen molar-refractivity contribution in [2.75, 3.05) is 18.0 Å². The molecule has 174 valence electrons. The Balaban J connectivity index is 1.93. The van der Waals surface area contributed by atoms with Gasteiger partial charge in [-0.2, -0.15) is 0 Å². The Hall–Kier alpha value is -3.34. The minimum Gasteiger partial charge on any atom is -0.381 e. The van der Waals surface area contributed by atoms with E-state index in [1.165, 1.54) is 0 Å². The highest BCUT2D eigenvalue weighted by Gasteiger charge is 2.33. The first-order valence-electron chi connectivity index (χ1n) is 11.2. The maximum atomic E-state index is 15.0. The molecule has 0 unspecified atom stereocenters. The Morgan fingerprint density at radius 3 is 2.39 bits per heavy atom. The lowest BCUT2D eigenvalue weighted by Gasteiger charge is -2.30. The maximum absolute atomic E-state index is 15.0. The minimum absolute atomic E-state index is 0.0117. The van der Waals surface area contributed by atoms with Crippen molar-refractivity contribution in [1.82, 2.24) is 10.6 Å². The van der Waals surface area contributed by atoms with Crippen molar-refractivity contribution in [3.05, 3.63) is 107 Å². The molecule has 1 aliphatic rings. The lowest BCUT2D eigenvalue weighted by Crippen LogP contribution is -2.28. The van der Waals surface area contributed by atoms with E-state index in [0.717, 1.165) is 35.0 Å². The van der Waals surface area contributed by atoms with Crippen molar-refractivity contribution in [2.45, 2.75) is 40.2 Å². The molecule has 2 N–H and O–H groups in total. The van der Waals surface area contributed by atoms with E-state index in [1.54, 1.807) is 12.1 Å². The highest BCUT2D eigenvalue weighted by Crippen LogP contribution is 2.40. The van der Waals surface area contributed by atoms with Gasteiger partial charge >= 0.3 is 0 Å². The molecule has 1 heterocycles. The van der Waals surface area contributed by atoms with Crippen molar-refractivity contribution in [3.8, 4) is 0 Å². The van der Waals surface area contributed by atoms with Gasteiger partial charge in [0.25, 0.3) is 5.92 Å². The molecule has 0 fully saturated rings. The lowest BCUT2D eigenvalue weighted by molar-refractivity contribution is 0.0176. The first-order chi connectivity index (χ1) is 15.6. The van der Waals surface area contributed by atoms with Crippen LogP contribution in [0.15, 0.2) is 90.3 Å². The largest absolute Gasteiger partial charge is 0.381 e. The highest BCUT2D eigenvalue weighted by molar-refractivity contribution is 5.73. The molecule has 2 aromatic rings. The van der Waals surface area contributed by atoms with E-state index < -0.39 is 5.92 Å². The van der Waals surface area contributed by atoms with Gasteiger partial charge in [0.05, 0.1) is 5.56 Å². The van der Waals surface area contributed by atoms with Crippen LogP contribution in [0.5, 0.6) is 0 Å². The van der Waals surface area contributed by atoms with Gasteiger partial charge < -0.3 is 15.5 Å². The quantitative estimate of drug-likeness (QED) is 0.445. The zero-order valence-corrected chi connectivity index (χ0v) is 19.9. The SMILES string of the molecule is C=C1NC(C)=CC(C)=C1CNC(=C)c1cccc(N(CC)Cc2ccccc2)c1C(C)(F)F. The molecular weight excluding hydrogens is 416 g/mol. The van der Waals surface area contributed by atoms with Crippen LogP contribution < -0.4 is 15.5 Å². The molecule has 0 aliphatic carbocycles. The summed E-state index contributed by atoms with van der Waals surface area (Å²) in [7, 11) is 0. The fourth-order valence-corrected chi connectivity index (χ4v) is 4.22. The Kier molecular flexibility index (Phi) is 7.42. The van der Waals surface area contributed by atoms with Gasteiger partial charge in [-0.3, -0.25) is 0 Å². The van der Waals surface area contributed by atoms with E-state index >= 15 is 0 Å².